The SMILES string of the molecule is COC(=O)[C@@H]1C[C@@]2(O)[C@@H](O)[C@@H](O)[C@@H](O)C[C@H]2N1Cc1cccs1. The van der Waals surface area contributed by atoms with Crippen LogP contribution in [0.5, 0.6) is 0 Å². The van der Waals surface area contributed by atoms with Crippen LogP contribution in [0.3, 0.4) is 0 Å². The number of aliphatic hydroxyl groups is 4. The number of ether oxygens (including phenoxy) is 1. The number of likely N-dealkylation sites (tertiary alicyclic amines) is 1. The molecule has 1 aromatic rings. The molecule has 1 saturated carbocycles. The molecular formula is C15H21NO6S. The van der Waals surface area contributed by atoms with E-state index in [1.807, 2.05) is 17.5 Å². The Morgan fingerprint density at radius 3 is 2.83 bits per heavy atom. The molecule has 23 heavy (non-hydrogen) atoms. The van der Waals surface area contributed by atoms with Crippen LogP contribution in [0.1, 0.15) is 17.7 Å². The summed E-state index contributed by atoms with van der Waals surface area (Å²) in [5.74, 6) is -0.499. The maximum Gasteiger partial charge on any atom is 0.323 e. The average molecular weight is 343 g/mol. The summed E-state index contributed by atoms with van der Waals surface area (Å²) in [4.78, 5) is 14.9. The van der Waals surface area contributed by atoms with Crippen molar-refractivity contribution in [2.24, 2.45) is 0 Å². The van der Waals surface area contributed by atoms with Crippen LogP contribution < -0.4 is 0 Å². The number of aliphatic hydroxyl groups excluding tert-OH is 3. The second kappa shape index (κ2) is 6.12. The summed E-state index contributed by atoms with van der Waals surface area (Å²) in [5.41, 5.74) is -1.66. The van der Waals surface area contributed by atoms with E-state index in [0.717, 1.165) is 4.88 Å². The number of thiophene rings is 1. The van der Waals surface area contributed by atoms with Gasteiger partial charge in [0.1, 0.15) is 23.9 Å². The molecule has 0 aromatic carbocycles. The van der Waals surface area contributed by atoms with E-state index in [9.17, 15) is 25.2 Å². The van der Waals surface area contributed by atoms with Gasteiger partial charge < -0.3 is 25.2 Å². The fraction of sp³-hybridized carbons (Fsp3) is 0.667. The van der Waals surface area contributed by atoms with Crippen molar-refractivity contribution in [3.63, 3.8) is 0 Å². The average Bonchev–Trinajstić information content (AvgIpc) is 3.14. The molecule has 3 rings (SSSR count). The quantitative estimate of drug-likeness (QED) is 0.526. The number of hydrogen-bond acceptors (Lipinski definition) is 8. The van der Waals surface area contributed by atoms with Crippen LogP contribution in [0, 0.1) is 0 Å². The number of esters is 1. The van der Waals surface area contributed by atoms with Crippen LogP contribution in [0.2, 0.25) is 0 Å². The smallest absolute Gasteiger partial charge is 0.323 e. The third-order valence-electron chi connectivity index (χ3n) is 4.98. The molecule has 0 spiro atoms. The van der Waals surface area contributed by atoms with Crippen molar-refractivity contribution >= 4 is 17.3 Å². The lowest BCUT2D eigenvalue weighted by atomic mass is 9.75. The van der Waals surface area contributed by atoms with Crippen LogP contribution in [-0.2, 0) is 16.1 Å². The highest BCUT2D eigenvalue weighted by atomic mass is 32.1. The fourth-order valence-corrected chi connectivity index (χ4v) is 4.47. The highest BCUT2D eigenvalue weighted by Crippen LogP contribution is 2.44. The molecule has 0 amide bonds. The van der Waals surface area contributed by atoms with E-state index in [2.05, 4.69) is 0 Å². The molecule has 8 heteroatoms. The van der Waals surface area contributed by atoms with Crippen molar-refractivity contribution in [1.29, 1.82) is 0 Å². The first kappa shape index (κ1) is 16.8. The van der Waals surface area contributed by atoms with Crippen molar-refractivity contribution in [3.05, 3.63) is 22.4 Å². The van der Waals surface area contributed by atoms with Gasteiger partial charge in [-0.1, -0.05) is 6.07 Å². The number of nitrogens with zero attached hydrogens (tertiary/aromatic N) is 1. The third kappa shape index (κ3) is 2.69. The van der Waals surface area contributed by atoms with Crippen LogP contribution in [0.25, 0.3) is 0 Å². The molecule has 2 aliphatic rings. The molecule has 2 heterocycles. The summed E-state index contributed by atoms with van der Waals surface area (Å²) < 4.78 is 4.83. The molecule has 6 atom stereocenters. The number of carbonyl (C=O) groups excluding carboxylic acids is 1. The first-order chi connectivity index (χ1) is 10.9. The van der Waals surface area contributed by atoms with Gasteiger partial charge in [0.15, 0.2) is 0 Å². The largest absolute Gasteiger partial charge is 0.468 e. The summed E-state index contributed by atoms with van der Waals surface area (Å²) in [6.07, 6.45) is -4.07. The highest BCUT2D eigenvalue weighted by Gasteiger charge is 2.62. The van der Waals surface area contributed by atoms with Crippen molar-refractivity contribution < 1.29 is 30.0 Å². The maximum absolute atomic E-state index is 12.1. The van der Waals surface area contributed by atoms with Gasteiger partial charge in [-0.3, -0.25) is 9.69 Å². The molecular weight excluding hydrogens is 322 g/mol. The second-order valence-corrected chi connectivity index (χ2v) is 7.27. The van der Waals surface area contributed by atoms with E-state index < -0.39 is 42.0 Å². The van der Waals surface area contributed by atoms with E-state index in [0.29, 0.717) is 6.54 Å². The number of methoxy groups -OCH3 is 1. The Morgan fingerprint density at radius 2 is 2.22 bits per heavy atom. The lowest BCUT2D eigenvalue weighted by molar-refractivity contribution is -0.197. The first-order valence-corrected chi connectivity index (χ1v) is 8.39. The summed E-state index contributed by atoms with van der Waals surface area (Å²) in [6, 6.07) is 2.44. The third-order valence-corrected chi connectivity index (χ3v) is 5.85. The number of hydrogen-bond donors (Lipinski definition) is 4. The van der Waals surface area contributed by atoms with Gasteiger partial charge in [-0.05, 0) is 17.9 Å². The Morgan fingerprint density at radius 1 is 1.48 bits per heavy atom. The second-order valence-electron chi connectivity index (χ2n) is 6.24. The molecule has 1 aliphatic heterocycles. The Hall–Kier alpha value is -1.03. The van der Waals surface area contributed by atoms with Crippen LogP contribution in [-0.4, -0.2) is 74.4 Å². The Bertz CT molecular complexity index is 566. The molecule has 0 bridgehead atoms. The normalized spacial score (nSPS) is 40.8. The van der Waals surface area contributed by atoms with E-state index in [-0.39, 0.29) is 12.8 Å². The van der Waals surface area contributed by atoms with Gasteiger partial charge >= 0.3 is 5.97 Å². The number of fused-ring (bicyclic) bond motifs is 1. The molecule has 0 unspecified atom stereocenters. The molecule has 0 radical (unpaired) electrons. The summed E-state index contributed by atoms with van der Waals surface area (Å²) in [7, 11) is 1.28. The van der Waals surface area contributed by atoms with Gasteiger partial charge in [-0.25, -0.2) is 0 Å². The van der Waals surface area contributed by atoms with Crippen molar-refractivity contribution in [1.82, 2.24) is 4.90 Å². The van der Waals surface area contributed by atoms with Gasteiger partial charge in [0.05, 0.1) is 13.2 Å². The summed E-state index contributed by atoms with van der Waals surface area (Å²) >= 11 is 1.52. The topological polar surface area (TPSA) is 110 Å². The minimum atomic E-state index is -1.66. The molecule has 1 aliphatic carbocycles. The van der Waals surface area contributed by atoms with Crippen molar-refractivity contribution in [2.45, 2.75) is 55.4 Å². The number of rotatable bonds is 3. The van der Waals surface area contributed by atoms with E-state index >= 15 is 0 Å². The highest BCUT2D eigenvalue weighted by molar-refractivity contribution is 7.09. The Kier molecular flexibility index (Phi) is 4.47. The van der Waals surface area contributed by atoms with Gasteiger partial charge in [-0.2, -0.15) is 0 Å². The van der Waals surface area contributed by atoms with Crippen LogP contribution in [0.4, 0.5) is 0 Å². The maximum atomic E-state index is 12.1. The summed E-state index contributed by atoms with van der Waals surface area (Å²) in [5, 5.41) is 43.0. The van der Waals surface area contributed by atoms with Crippen molar-refractivity contribution in [3.8, 4) is 0 Å². The predicted octanol–water partition coefficient (Wildman–Crippen LogP) is -0.919. The zero-order valence-corrected chi connectivity index (χ0v) is 13.5. The standard InChI is InChI=1S/C15H21NO6S/c1-22-14(20)9-6-15(21)11(5-10(17)12(18)13(15)19)16(9)7-8-3-2-4-23-8/h2-4,9-13,17-19,21H,5-7H2,1H3/t9-,10-,11+,12-,13-,15-/m0/s1. The molecule has 2 fully saturated rings. The molecule has 128 valence electrons. The number of carbonyl (C=O) groups is 1. The Balaban J connectivity index is 1.94. The molecule has 1 saturated heterocycles. The van der Waals surface area contributed by atoms with Gasteiger partial charge in [0.2, 0.25) is 0 Å². The monoisotopic (exact) mass is 343 g/mol. The van der Waals surface area contributed by atoms with E-state index in [1.54, 1.807) is 4.90 Å². The van der Waals surface area contributed by atoms with E-state index in [1.165, 1.54) is 18.4 Å². The zero-order chi connectivity index (χ0) is 16.8. The van der Waals surface area contributed by atoms with Gasteiger partial charge in [0.25, 0.3) is 0 Å². The van der Waals surface area contributed by atoms with Gasteiger partial charge in [0, 0.05) is 23.9 Å². The molecule has 4 N–H and O–H groups in total. The fourth-order valence-electron chi connectivity index (χ4n) is 3.76. The van der Waals surface area contributed by atoms with Crippen LogP contribution in [0.15, 0.2) is 17.5 Å². The van der Waals surface area contributed by atoms with Crippen LogP contribution >= 0.6 is 11.3 Å². The molecule has 1 aromatic heterocycles. The zero-order valence-electron chi connectivity index (χ0n) is 12.7. The minimum Gasteiger partial charge on any atom is -0.468 e. The summed E-state index contributed by atoms with van der Waals surface area (Å²) in [6.45, 7) is 0.403. The lowest BCUT2D eigenvalue weighted by Crippen LogP contribution is -2.64. The first-order valence-electron chi connectivity index (χ1n) is 7.51. The molecule has 7 nitrogen and oxygen atoms in total. The van der Waals surface area contributed by atoms with Crippen molar-refractivity contribution in [2.75, 3.05) is 7.11 Å². The minimum absolute atomic E-state index is 0.0410. The Labute approximate surface area is 137 Å². The van der Waals surface area contributed by atoms with E-state index in [4.69, 9.17) is 4.74 Å². The lowest BCUT2D eigenvalue weighted by Gasteiger charge is -2.45. The predicted molar refractivity (Wildman–Crippen MR) is 81.7 cm³/mol. The van der Waals surface area contributed by atoms with Gasteiger partial charge in [-0.15, -0.1) is 11.3 Å².